The van der Waals surface area contributed by atoms with Gasteiger partial charge in [0.1, 0.15) is 0 Å². The van der Waals surface area contributed by atoms with Gasteiger partial charge in [-0.25, -0.2) is 0 Å². The zero-order valence-corrected chi connectivity index (χ0v) is 14.5. The van der Waals surface area contributed by atoms with Crippen LogP contribution in [0.4, 0.5) is 0 Å². The molecular weight excluding hydrogens is 284 g/mol. The van der Waals surface area contributed by atoms with Crippen LogP contribution < -0.4 is 5.32 Å². The molecule has 0 heterocycles. The van der Waals surface area contributed by atoms with Gasteiger partial charge in [-0.3, -0.25) is 10.1 Å². The first-order valence-corrected chi connectivity index (χ1v) is 9.24. The quantitative estimate of drug-likeness (QED) is 0.863. The minimum atomic E-state index is -0.118. The summed E-state index contributed by atoms with van der Waals surface area (Å²) in [7, 11) is 1.99. The summed E-state index contributed by atoms with van der Waals surface area (Å²) in [6.07, 6.45) is 8.72. The van der Waals surface area contributed by atoms with E-state index in [2.05, 4.69) is 35.6 Å². The molecule has 2 aliphatic rings. The molecule has 1 amide bonds. The molecule has 0 saturated heterocycles. The van der Waals surface area contributed by atoms with Gasteiger partial charge in [0.05, 0.1) is 6.04 Å². The number of nitrogens with zero attached hydrogens (tertiary/aromatic N) is 1. The standard InChI is InChI=1S/C20H30N2O/c1-15(20(23)22(2)18-11-7-4-8-12-18)21-19(17-13-14-17)16-9-5-3-6-10-16/h3,5-6,9-10,15,17-19,21H,4,7-8,11-14H2,1-2H3. The van der Waals surface area contributed by atoms with E-state index in [1.165, 1.54) is 50.5 Å². The highest BCUT2D eigenvalue weighted by Crippen LogP contribution is 2.41. The van der Waals surface area contributed by atoms with Gasteiger partial charge in [-0.05, 0) is 44.1 Å². The predicted molar refractivity (Wildman–Crippen MR) is 94.1 cm³/mol. The molecule has 0 radical (unpaired) electrons. The molecule has 2 saturated carbocycles. The van der Waals surface area contributed by atoms with Gasteiger partial charge in [0.2, 0.25) is 5.91 Å². The van der Waals surface area contributed by atoms with Crippen LogP contribution in [-0.2, 0) is 4.79 Å². The average molecular weight is 314 g/mol. The van der Waals surface area contributed by atoms with Crippen LogP contribution >= 0.6 is 0 Å². The Morgan fingerprint density at radius 2 is 1.74 bits per heavy atom. The van der Waals surface area contributed by atoms with Crippen LogP contribution in [-0.4, -0.2) is 29.9 Å². The zero-order chi connectivity index (χ0) is 16.2. The summed E-state index contributed by atoms with van der Waals surface area (Å²) in [6.45, 7) is 2.03. The molecule has 2 aliphatic carbocycles. The van der Waals surface area contributed by atoms with Crippen LogP contribution in [0, 0.1) is 5.92 Å². The number of carbonyl (C=O) groups excluding carboxylic acids is 1. The summed E-state index contributed by atoms with van der Waals surface area (Å²) in [5.74, 6) is 0.936. The number of rotatable bonds is 6. The maximum atomic E-state index is 12.8. The minimum Gasteiger partial charge on any atom is -0.341 e. The first kappa shape index (κ1) is 16.5. The van der Waals surface area contributed by atoms with Crippen LogP contribution in [0.1, 0.15) is 63.5 Å². The maximum Gasteiger partial charge on any atom is 0.239 e. The molecule has 0 aromatic heterocycles. The highest BCUT2D eigenvalue weighted by molar-refractivity contribution is 5.81. The second kappa shape index (κ2) is 7.48. The normalized spacial score (nSPS) is 21.7. The summed E-state index contributed by atoms with van der Waals surface area (Å²) in [5, 5.41) is 3.62. The van der Waals surface area contributed by atoms with Crippen molar-refractivity contribution in [1.29, 1.82) is 0 Å². The topological polar surface area (TPSA) is 32.3 Å². The highest BCUT2D eigenvalue weighted by atomic mass is 16.2. The Balaban J connectivity index is 1.62. The van der Waals surface area contributed by atoms with Gasteiger partial charge in [-0.1, -0.05) is 49.6 Å². The van der Waals surface area contributed by atoms with Gasteiger partial charge in [-0.2, -0.15) is 0 Å². The fraction of sp³-hybridized carbons (Fsp3) is 0.650. The van der Waals surface area contributed by atoms with Crippen molar-refractivity contribution in [2.45, 2.75) is 70.0 Å². The molecule has 3 heteroatoms. The second-order valence-corrected chi connectivity index (χ2v) is 7.36. The summed E-state index contributed by atoms with van der Waals surface area (Å²) < 4.78 is 0. The molecule has 0 spiro atoms. The third kappa shape index (κ3) is 4.14. The van der Waals surface area contributed by atoms with Gasteiger partial charge in [0.25, 0.3) is 0 Å². The first-order chi connectivity index (χ1) is 11.2. The highest BCUT2D eigenvalue weighted by Gasteiger charge is 2.35. The van der Waals surface area contributed by atoms with Crippen molar-refractivity contribution >= 4 is 5.91 Å². The summed E-state index contributed by atoms with van der Waals surface area (Å²) in [5.41, 5.74) is 1.31. The van der Waals surface area contributed by atoms with Gasteiger partial charge in [-0.15, -0.1) is 0 Å². The minimum absolute atomic E-state index is 0.118. The Morgan fingerprint density at radius 3 is 2.35 bits per heavy atom. The second-order valence-electron chi connectivity index (χ2n) is 7.36. The molecule has 23 heavy (non-hydrogen) atoms. The molecule has 2 fully saturated rings. The number of amides is 1. The largest absolute Gasteiger partial charge is 0.341 e. The Hall–Kier alpha value is -1.35. The maximum absolute atomic E-state index is 12.8. The van der Waals surface area contributed by atoms with Crippen LogP contribution in [0.5, 0.6) is 0 Å². The van der Waals surface area contributed by atoms with Gasteiger partial charge < -0.3 is 4.90 Å². The molecule has 1 aromatic carbocycles. The van der Waals surface area contributed by atoms with E-state index in [0.29, 0.717) is 18.0 Å². The van der Waals surface area contributed by atoms with Crippen molar-refractivity contribution in [3.8, 4) is 0 Å². The number of carbonyl (C=O) groups is 1. The van der Waals surface area contributed by atoms with Gasteiger partial charge in [0.15, 0.2) is 0 Å². The molecule has 1 N–H and O–H groups in total. The van der Waals surface area contributed by atoms with E-state index in [1.807, 2.05) is 18.9 Å². The van der Waals surface area contributed by atoms with Crippen molar-refractivity contribution in [2.24, 2.45) is 5.92 Å². The third-order valence-corrected chi connectivity index (χ3v) is 5.52. The Labute approximate surface area is 140 Å². The predicted octanol–water partition coefficient (Wildman–Crippen LogP) is 3.91. The average Bonchev–Trinajstić information content (AvgIpc) is 3.44. The molecule has 2 atom stereocenters. The van der Waals surface area contributed by atoms with E-state index in [-0.39, 0.29) is 11.9 Å². The lowest BCUT2D eigenvalue weighted by Crippen LogP contribution is -2.48. The fourth-order valence-electron chi connectivity index (χ4n) is 3.89. The van der Waals surface area contributed by atoms with Gasteiger partial charge >= 0.3 is 0 Å². The lowest BCUT2D eigenvalue weighted by atomic mass is 9.94. The number of hydrogen-bond donors (Lipinski definition) is 1. The third-order valence-electron chi connectivity index (χ3n) is 5.52. The number of nitrogens with one attached hydrogen (secondary N) is 1. The number of benzene rings is 1. The van der Waals surface area contributed by atoms with E-state index < -0.39 is 0 Å². The number of hydrogen-bond acceptors (Lipinski definition) is 2. The van der Waals surface area contributed by atoms with E-state index in [1.54, 1.807) is 0 Å². The first-order valence-electron chi connectivity index (χ1n) is 9.24. The summed E-state index contributed by atoms with van der Waals surface area (Å²) >= 11 is 0. The van der Waals surface area contributed by atoms with E-state index in [4.69, 9.17) is 0 Å². The lowest BCUT2D eigenvalue weighted by Gasteiger charge is -2.34. The molecule has 1 aromatic rings. The summed E-state index contributed by atoms with van der Waals surface area (Å²) in [6, 6.07) is 11.2. The molecule has 126 valence electrons. The van der Waals surface area contributed by atoms with Crippen molar-refractivity contribution < 1.29 is 4.79 Å². The van der Waals surface area contributed by atoms with Gasteiger partial charge in [0, 0.05) is 19.1 Å². The van der Waals surface area contributed by atoms with Crippen LogP contribution in [0.15, 0.2) is 30.3 Å². The van der Waals surface area contributed by atoms with Crippen molar-refractivity contribution in [2.75, 3.05) is 7.05 Å². The number of likely N-dealkylation sites (N-methyl/N-ethyl adjacent to an activating group) is 1. The van der Waals surface area contributed by atoms with Crippen LogP contribution in [0.25, 0.3) is 0 Å². The molecule has 3 nitrogen and oxygen atoms in total. The monoisotopic (exact) mass is 314 g/mol. The zero-order valence-electron chi connectivity index (χ0n) is 14.5. The smallest absolute Gasteiger partial charge is 0.239 e. The van der Waals surface area contributed by atoms with E-state index in [0.717, 1.165) is 0 Å². The molecular formula is C20H30N2O. The van der Waals surface area contributed by atoms with Crippen LogP contribution in [0.2, 0.25) is 0 Å². The Kier molecular flexibility index (Phi) is 5.37. The van der Waals surface area contributed by atoms with Crippen molar-refractivity contribution in [3.63, 3.8) is 0 Å². The Bertz CT molecular complexity index is 506. The molecule has 0 aliphatic heterocycles. The Morgan fingerprint density at radius 1 is 1.09 bits per heavy atom. The van der Waals surface area contributed by atoms with E-state index in [9.17, 15) is 4.79 Å². The molecule has 0 bridgehead atoms. The van der Waals surface area contributed by atoms with Crippen molar-refractivity contribution in [1.82, 2.24) is 10.2 Å². The van der Waals surface area contributed by atoms with Crippen LogP contribution in [0.3, 0.4) is 0 Å². The lowest BCUT2D eigenvalue weighted by molar-refractivity contribution is -0.134. The SMILES string of the molecule is CC(NC(c1ccccc1)C1CC1)C(=O)N(C)C1CCCCC1. The molecule has 2 unspecified atom stereocenters. The fourth-order valence-corrected chi connectivity index (χ4v) is 3.89. The van der Waals surface area contributed by atoms with E-state index >= 15 is 0 Å². The molecule has 3 rings (SSSR count). The van der Waals surface area contributed by atoms with Crippen molar-refractivity contribution in [3.05, 3.63) is 35.9 Å². The summed E-state index contributed by atoms with van der Waals surface area (Å²) in [4.78, 5) is 14.8.